The predicted molar refractivity (Wildman–Crippen MR) is 89.5 cm³/mol. The molecule has 0 amide bonds. The highest BCUT2D eigenvalue weighted by Gasteiger charge is 2.30. The van der Waals surface area contributed by atoms with Crippen molar-refractivity contribution in [1.82, 2.24) is 0 Å². The van der Waals surface area contributed by atoms with Gasteiger partial charge in [0.1, 0.15) is 5.70 Å². The molecule has 1 aliphatic heterocycles. The third-order valence-electron chi connectivity index (χ3n) is 3.59. The Bertz CT molecular complexity index is 888. The van der Waals surface area contributed by atoms with Crippen molar-refractivity contribution in [2.75, 3.05) is 26.2 Å². The third-order valence-corrected chi connectivity index (χ3v) is 3.59. The summed E-state index contributed by atoms with van der Waals surface area (Å²) in [4.78, 5) is 37.5. The zero-order valence-corrected chi connectivity index (χ0v) is 14.6. The quantitative estimate of drug-likeness (QED) is 0.586. The van der Waals surface area contributed by atoms with Crippen molar-refractivity contribution in [1.29, 1.82) is 0 Å². The summed E-state index contributed by atoms with van der Waals surface area (Å²) in [6.45, 7) is 0. The first-order valence-electron chi connectivity index (χ1n) is 7.48. The lowest BCUT2D eigenvalue weighted by Crippen LogP contribution is -2.28. The molecule has 27 heavy (non-hydrogen) atoms. The molecule has 0 saturated heterocycles. The number of hydrogen-bond acceptors (Lipinski definition) is 7. The summed E-state index contributed by atoms with van der Waals surface area (Å²) in [5.41, 5.74) is -1.17. The summed E-state index contributed by atoms with van der Waals surface area (Å²) in [7, 11) is 3.25. The van der Waals surface area contributed by atoms with Gasteiger partial charge in [0.05, 0.1) is 38.2 Å². The molecule has 0 aliphatic carbocycles. The number of esters is 3. The van der Waals surface area contributed by atoms with Gasteiger partial charge in [-0.3, -0.25) is 0 Å². The molecule has 0 N–H and O–H groups in total. The maximum atomic E-state index is 13.9. The van der Waals surface area contributed by atoms with Gasteiger partial charge in [-0.2, -0.15) is 0 Å². The van der Waals surface area contributed by atoms with Crippen LogP contribution in [0.4, 0.5) is 14.5 Å². The van der Waals surface area contributed by atoms with Crippen LogP contribution in [0.5, 0.6) is 0 Å². The van der Waals surface area contributed by atoms with Crippen LogP contribution < -0.4 is 4.90 Å². The molecule has 2 rings (SSSR count). The average Bonchev–Trinajstić information content (AvgIpc) is 2.90. The minimum absolute atomic E-state index is 0.213. The molecular weight excluding hydrogens is 364 g/mol. The molecular formula is C18H15F2NO6. The van der Waals surface area contributed by atoms with E-state index < -0.39 is 29.5 Å². The fraction of sp³-hybridized carbons (Fsp3) is 0.167. The van der Waals surface area contributed by atoms with Gasteiger partial charge in [-0.05, 0) is 18.2 Å². The van der Waals surface area contributed by atoms with E-state index in [1.807, 2.05) is 0 Å². The Balaban J connectivity index is 2.82. The molecule has 142 valence electrons. The number of methoxy groups -OCH3 is 3. The minimum atomic E-state index is -1.28. The molecule has 1 aliphatic rings. The number of carbonyl (C=O) groups is 3. The highest BCUT2D eigenvalue weighted by molar-refractivity contribution is 6.07. The number of nitrogens with zero attached hydrogens (tertiary/aromatic N) is 1. The lowest BCUT2D eigenvalue weighted by molar-refractivity contribution is -0.139. The van der Waals surface area contributed by atoms with Crippen LogP contribution in [0.15, 0.2) is 47.8 Å². The van der Waals surface area contributed by atoms with Crippen LogP contribution in [0.2, 0.25) is 0 Å². The van der Waals surface area contributed by atoms with Gasteiger partial charge in [0.25, 0.3) is 0 Å². The zero-order chi connectivity index (χ0) is 20.1. The van der Waals surface area contributed by atoms with Crippen LogP contribution in [0.1, 0.15) is 10.4 Å². The first-order chi connectivity index (χ1) is 12.8. The van der Waals surface area contributed by atoms with E-state index in [2.05, 4.69) is 9.47 Å². The van der Waals surface area contributed by atoms with Gasteiger partial charge in [0.2, 0.25) is 0 Å². The van der Waals surface area contributed by atoms with Gasteiger partial charge in [-0.15, -0.1) is 0 Å². The SMILES string of the molecule is COC(=O)C1=C(C(=O)OC)N(c2cc(F)c(F)cc2C(=O)OC)C=CC=C1. The van der Waals surface area contributed by atoms with Gasteiger partial charge in [0, 0.05) is 12.3 Å². The second-order valence-corrected chi connectivity index (χ2v) is 5.09. The van der Waals surface area contributed by atoms with E-state index >= 15 is 0 Å². The van der Waals surface area contributed by atoms with Crippen molar-refractivity contribution >= 4 is 23.6 Å². The molecule has 1 aromatic carbocycles. The Morgan fingerprint density at radius 1 is 0.852 bits per heavy atom. The topological polar surface area (TPSA) is 82.1 Å². The van der Waals surface area contributed by atoms with E-state index in [1.165, 1.54) is 24.4 Å². The van der Waals surface area contributed by atoms with E-state index in [0.29, 0.717) is 12.1 Å². The molecule has 7 nitrogen and oxygen atoms in total. The van der Waals surface area contributed by atoms with Crippen LogP contribution in [0.3, 0.4) is 0 Å². The van der Waals surface area contributed by atoms with Gasteiger partial charge in [-0.25, -0.2) is 23.2 Å². The smallest absolute Gasteiger partial charge is 0.355 e. The van der Waals surface area contributed by atoms with Crippen molar-refractivity contribution in [2.24, 2.45) is 0 Å². The molecule has 0 saturated carbocycles. The molecule has 0 radical (unpaired) electrons. The summed E-state index contributed by atoms with van der Waals surface area (Å²) in [6.07, 6.45) is 5.40. The highest BCUT2D eigenvalue weighted by Crippen LogP contribution is 2.31. The Kier molecular flexibility index (Phi) is 6.07. The minimum Gasteiger partial charge on any atom is -0.465 e. The molecule has 0 aromatic heterocycles. The summed E-state index contributed by atoms with van der Waals surface area (Å²) >= 11 is 0. The van der Waals surface area contributed by atoms with Crippen molar-refractivity contribution < 1.29 is 37.4 Å². The third kappa shape index (κ3) is 3.86. The molecule has 0 bridgehead atoms. The summed E-state index contributed by atoms with van der Waals surface area (Å²) in [5.74, 6) is -5.37. The zero-order valence-electron chi connectivity index (χ0n) is 14.6. The maximum Gasteiger partial charge on any atom is 0.355 e. The number of benzene rings is 1. The monoisotopic (exact) mass is 379 g/mol. The fourth-order valence-corrected chi connectivity index (χ4v) is 2.36. The Morgan fingerprint density at radius 2 is 1.44 bits per heavy atom. The standard InChI is InChI=1S/C18H15F2NO6/c1-25-16(22)10-6-4-5-7-21(15(10)18(24)27-3)14-9-13(20)12(19)8-11(14)17(23)26-2/h4-9H,1-3H3. The number of carbonyl (C=O) groups excluding carboxylic acids is 3. The molecule has 1 heterocycles. The number of hydrogen-bond donors (Lipinski definition) is 0. The molecule has 0 spiro atoms. The highest BCUT2D eigenvalue weighted by atomic mass is 19.2. The van der Waals surface area contributed by atoms with Crippen molar-refractivity contribution in [3.05, 3.63) is 65.0 Å². The van der Waals surface area contributed by atoms with E-state index in [0.717, 1.165) is 26.2 Å². The number of anilines is 1. The van der Waals surface area contributed by atoms with Crippen LogP contribution in [0.25, 0.3) is 0 Å². The summed E-state index contributed by atoms with van der Waals surface area (Å²) in [5, 5.41) is 0. The van der Waals surface area contributed by atoms with Crippen LogP contribution >= 0.6 is 0 Å². The van der Waals surface area contributed by atoms with E-state index in [9.17, 15) is 23.2 Å². The maximum absolute atomic E-state index is 13.9. The number of rotatable bonds is 4. The van der Waals surface area contributed by atoms with Gasteiger partial charge in [-0.1, -0.05) is 6.08 Å². The lowest BCUT2D eigenvalue weighted by atomic mass is 10.1. The largest absolute Gasteiger partial charge is 0.465 e. The number of halogens is 2. The van der Waals surface area contributed by atoms with Gasteiger partial charge >= 0.3 is 17.9 Å². The Morgan fingerprint density at radius 3 is 2.04 bits per heavy atom. The molecule has 1 aromatic rings. The normalized spacial score (nSPS) is 13.3. The van der Waals surface area contributed by atoms with Crippen molar-refractivity contribution in [3.63, 3.8) is 0 Å². The molecule has 0 unspecified atom stereocenters. The first-order valence-corrected chi connectivity index (χ1v) is 7.48. The molecule has 0 atom stereocenters. The van der Waals surface area contributed by atoms with Crippen LogP contribution in [0, 0.1) is 11.6 Å². The fourth-order valence-electron chi connectivity index (χ4n) is 2.36. The summed E-state index contributed by atoms with van der Waals surface area (Å²) < 4.78 is 41.5. The van der Waals surface area contributed by atoms with Crippen LogP contribution in [-0.4, -0.2) is 39.2 Å². The van der Waals surface area contributed by atoms with E-state index in [4.69, 9.17) is 4.74 Å². The van der Waals surface area contributed by atoms with Gasteiger partial charge in [0.15, 0.2) is 11.6 Å². The summed E-state index contributed by atoms with van der Waals surface area (Å²) in [6, 6.07) is 1.34. The average molecular weight is 379 g/mol. The first kappa shape index (κ1) is 19.8. The number of allylic oxidation sites excluding steroid dienone is 2. The molecule has 0 fully saturated rings. The Labute approximate surface area is 153 Å². The second-order valence-electron chi connectivity index (χ2n) is 5.09. The number of ether oxygens (including phenoxy) is 3. The van der Waals surface area contributed by atoms with E-state index in [1.54, 1.807) is 0 Å². The second kappa shape index (κ2) is 8.26. The lowest BCUT2D eigenvalue weighted by Gasteiger charge is -2.25. The van der Waals surface area contributed by atoms with Gasteiger partial charge < -0.3 is 19.1 Å². The Hall–Kier alpha value is -3.49. The van der Waals surface area contributed by atoms with Crippen LogP contribution in [-0.2, 0) is 23.8 Å². The van der Waals surface area contributed by atoms with Crippen molar-refractivity contribution in [2.45, 2.75) is 0 Å². The molecule has 9 heteroatoms. The predicted octanol–water partition coefficient (Wildman–Crippen LogP) is 2.24. The van der Waals surface area contributed by atoms with E-state index in [-0.39, 0.29) is 22.5 Å². The van der Waals surface area contributed by atoms with Crippen molar-refractivity contribution in [3.8, 4) is 0 Å².